The maximum absolute atomic E-state index is 11.4. The van der Waals surface area contributed by atoms with Gasteiger partial charge >= 0.3 is 5.97 Å². The summed E-state index contributed by atoms with van der Waals surface area (Å²) in [5.74, 6) is -0.527. The van der Waals surface area contributed by atoms with Gasteiger partial charge in [0.25, 0.3) is 10.1 Å². The molecule has 0 aliphatic carbocycles. The number of hydrogen-bond donors (Lipinski definition) is 0. The van der Waals surface area contributed by atoms with Crippen LogP contribution in [0.1, 0.15) is 6.92 Å². The Morgan fingerprint density at radius 1 is 1.29 bits per heavy atom. The van der Waals surface area contributed by atoms with Gasteiger partial charge < -0.3 is 4.74 Å². The summed E-state index contributed by atoms with van der Waals surface area (Å²) in [4.78, 5) is 11.4. The predicted octanol–water partition coefficient (Wildman–Crippen LogP) is 1.61. The highest BCUT2D eigenvalue weighted by molar-refractivity contribution is 7.86. The van der Waals surface area contributed by atoms with Gasteiger partial charge in [0.1, 0.15) is 5.75 Å². The summed E-state index contributed by atoms with van der Waals surface area (Å²) < 4.78 is 30.9. The predicted molar refractivity (Wildman–Crippen MR) is 62.5 cm³/mol. The number of halogens is 1. The Labute approximate surface area is 104 Å². The molecule has 7 heteroatoms. The van der Waals surface area contributed by atoms with Gasteiger partial charge in [-0.15, -0.1) is 0 Å². The van der Waals surface area contributed by atoms with Gasteiger partial charge in [-0.1, -0.05) is 11.6 Å². The van der Waals surface area contributed by atoms with Crippen molar-refractivity contribution in [3.05, 3.63) is 29.3 Å². The lowest BCUT2D eigenvalue weighted by Crippen LogP contribution is -2.27. The third kappa shape index (κ3) is 5.16. The smallest absolute Gasteiger partial charge is 0.341 e. The Morgan fingerprint density at radius 3 is 2.29 bits per heavy atom. The Hall–Kier alpha value is -1.11. The molecule has 0 bridgehead atoms. The van der Waals surface area contributed by atoms with Crippen LogP contribution >= 0.6 is 11.6 Å². The zero-order valence-corrected chi connectivity index (χ0v) is 10.8. The lowest BCUT2D eigenvalue weighted by Gasteiger charge is -2.10. The molecular formula is C10H11ClO5S. The van der Waals surface area contributed by atoms with E-state index in [2.05, 4.69) is 4.18 Å². The van der Waals surface area contributed by atoms with Gasteiger partial charge in [-0.3, -0.25) is 4.18 Å². The molecule has 0 saturated heterocycles. The van der Waals surface area contributed by atoms with E-state index in [0.717, 1.165) is 6.26 Å². The van der Waals surface area contributed by atoms with E-state index in [9.17, 15) is 13.2 Å². The topological polar surface area (TPSA) is 69.7 Å². The highest BCUT2D eigenvalue weighted by Gasteiger charge is 2.20. The van der Waals surface area contributed by atoms with Gasteiger partial charge in [-0.2, -0.15) is 8.42 Å². The molecular weight excluding hydrogens is 268 g/mol. The Bertz CT molecular complexity index is 494. The van der Waals surface area contributed by atoms with Gasteiger partial charge in [-0.25, -0.2) is 4.79 Å². The summed E-state index contributed by atoms with van der Waals surface area (Å²) in [7, 11) is -3.69. The second kappa shape index (κ2) is 5.48. The van der Waals surface area contributed by atoms with E-state index >= 15 is 0 Å². The minimum Gasteiger partial charge on any atom is -0.425 e. The zero-order valence-electron chi connectivity index (χ0n) is 9.21. The third-order valence-electron chi connectivity index (χ3n) is 1.68. The van der Waals surface area contributed by atoms with Crippen LogP contribution in [0.25, 0.3) is 0 Å². The molecule has 1 unspecified atom stereocenters. The summed E-state index contributed by atoms with van der Waals surface area (Å²) in [5.41, 5.74) is 0. The summed E-state index contributed by atoms with van der Waals surface area (Å²) >= 11 is 5.65. The van der Waals surface area contributed by atoms with Crippen molar-refractivity contribution in [2.75, 3.05) is 6.26 Å². The van der Waals surface area contributed by atoms with Crippen LogP contribution in [0.5, 0.6) is 5.75 Å². The van der Waals surface area contributed by atoms with Crippen molar-refractivity contribution in [2.24, 2.45) is 0 Å². The second-order valence-corrected chi connectivity index (χ2v) is 5.35. The Morgan fingerprint density at radius 2 is 1.82 bits per heavy atom. The quantitative estimate of drug-likeness (QED) is 0.475. The van der Waals surface area contributed by atoms with E-state index in [1.165, 1.54) is 19.1 Å². The number of ether oxygens (including phenoxy) is 1. The van der Waals surface area contributed by atoms with Gasteiger partial charge in [0.15, 0.2) is 6.10 Å². The fraction of sp³-hybridized carbons (Fsp3) is 0.300. The molecule has 0 aromatic heterocycles. The number of rotatable bonds is 4. The number of carbonyl (C=O) groups is 1. The fourth-order valence-electron chi connectivity index (χ4n) is 1.00. The molecule has 0 radical (unpaired) electrons. The molecule has 0 N–H and O–H groups in total. The van der Waals surface area contributed by atoms with Crippen LogP contribution in [0.15, 0.2) is 24.3 Å². The number of hydrogen-bond acceptors (Lipinski definition) is 5. The fourth-order valence-corrected chi connectivity index (χ4v) is 1.73. The Balaban J connectivity index is 2.63. The number of carbonyl (C=O) groups excluding carboxylic acids is 1. The van der Waals surface area contributed by atoms with Crippen molar-refractivity contribution in [1.82, 2.24) is 0 Å². The van der Waals surface area contributed by atoms with Gasteiger partial charge in [0.2, 0.25) is 0 Å². The molecule has 0 aliphatic rings. The highest BCUT2D eigenvalue weighted by atomic mass is 35.5. The van der Waals surface area contributed by atoms with Crippen LogP contribution in [-0.4, -0.2) is 26.7 Å². The first kappa shape index (κ1) is 14.0. The van der Waals surface area contributed by atoms with Crippen LogP contribution in [0, 0.1) is 0 Å². The maximum Gasteiger partial charge on any atom is 0.341 e. The summed E-state index contributed by atoms with van der Waals surface area (Å²) in [6, 6.07) is 6.08. The lowest BCUT2D eigenvalue weighted by molar-refractivity contribution is -0.141. The van der Waals surface area contributed by atoms with Crippen LogP contribution in [0.4, 0.5) is 0 Å². The largest absolute Gasteiger partial charge is 0.425 e. The van der Waals surface area contributed by atoms with Crippen molar-refractivity contribution in [1.29, 1.82) is 0 Å². The first-order valence-corrected chi connectivity index (χ1v) is 6.83. The molecule has 1 atom stereocenters. The van der Waals surface area contributed by atoms with Crippen molar-refractivity contribution in [3.63, 3.8) is 0 Å². The van der Waals surface area contributed by atoms with E-state index in [-0.39, 0.29) is 5.75 Å². The number of benzene rings is 1. The molecule has 0 amide bonds. The molecule has 0 heterocycles. The molecule has 0 saturated carbocycles. The zero-order chi connectivity index (χ0) is 13.1. The van der Waals surface area contributed by atoms with Gasteiger partial charge in [0, 0.05) is 5.02 Å². The highest BCUT2D eigenvalue weighted by Crippen LogP contribution is 2.16. The first-order valence-electron chi connectivity index (χ1n) is 4.63. The van der Waals surface area contributed by atoms with Crippen molar-refractivity contribution in [3.8, 4) is 5.75 Å². The maximum atomic E-state index is 11.4. The molecule has 17 heavy (non-hydrogen) atoms. The van der Waals surface area contributed by atoms with Crippen LogP contribution < -0.4 is 4.74 Å². The normalized spacial score (nSPS) is 13.1. The lowest BCUT2D eigenvalue weighted by atomic mass is 10.3. The molecule has 0 spiro atoms. The van der Waals surface area contributed by atoms with Crippen molar-refractivity contribution < 1.29 is 22.1 Å². The Kier molecular flexibility index (Phi) is 4.50. The van der Waals surface area contributed by atoms with Crippen LogP contribution in [0.2, 0.25) is 5.02 Å². The van der Waals surface area contributed by atoms with E-state index in [1.807, 2.05) is 0 Å². The minimum atomic E-state index is -3.69. The van der Waals surface area contributed by atoms with Gasteiger partial charge in [-0.05, 0) is 31.2 Å². The van der Waals surface area contributed by atoms with Crippen LogP contribution in [-0.2, 0) is 19.1 Å². The molecule has 0 fully saturated rings. The minimum absolute atomic E-state index is 0.267. The van der Waals surface area contributed by atoms with Crippen LogP contribution in [0.3, 0.4) is 0 Å². The molecule has 94 valence electrons. The standard InChI is InChI=1S/C10H11ClO5S/c1-7(16-17(2,13)14)10(12)15-9-5-3-8(11)4-6-9/h3-7H,1-2H3. The summed E-state index contributed by atoms with van der Waals surface area (Å²) in [6.45, 7) is 1.29. The third-order valence-corrected chi connectivity index (χ3v) is 2.57. The summed E-state index contributed by atoms with van der Waals surface area (Å²) in [5, 5.41) is 0.505. The molecule has 1 rings (SSSR count). The van der Waals surface area contributed by atoms with Crippen molar-refractivity contribution in [2.45, 2.75) is 13.0 Å². The molecule has 1 aromatic carbocycles. The molecule has 0 aliphatic heterocycles. The van der Waals surface area contributed by atoms with E-state index in [4.69, 9.17) is 16.3 Å². The van der Waals surface area contributed by atoms with E-state index in [0.29, 0.717) is 5.02 Å². The molecule has 1 aromatic rings. The average molecular weight is 279 g/mol. The monoisotopic (exact) mass is 278 g/mol. The second-order valence-electron chi connectivity index (χ2n) is 3.32. The van der Waals surface area contributed by atoms with Gasteiger partial charge in [0.05, 0.1) is 6.26 Å². The molecule has 5 nitrogen and oxygen atoms in total. The summed E-state index contributed by atoms with van der Waals surface area (Å²) in [6.07, 6.45) is -0.334. The first-order chi connectivity index (χ1) is 7.78. The number of esters is 1. The van der Waals surface area contributed by atoms with E-state index < -0.39 is 22.2 Å². The van der Waals surface area contributed by atoms with Crippen molar-refractivity contribution >= 4 is 27.7 Å². The SMILES string of the molecule is CC(OS(C)(=O)=O)C(=O)Oc1ccc(Cl)cc1. The average Bonchev–Trinajstić information content (AvgIpc) is 2.19. The van der Waals surface area contributed by atoms with E-state index in [1.54, 1.807) is 12.1 Å².